The molecule has 0 N–H and O–H groups in total. The molecule has 0 aliphatic heterocycles. The normalized spacial score (nSPS) is 14.9. The molecule has 1 aromatic carbocycles. The lowest BCUT2D eigenvalue weighted by Gasteiger charge is -2.22. The number of halogens is 1. The van der Waals surface area contributed by atoms with E-state index >= 15 is 0 Å². The number of fused-ring (bicyclic) bond motifs is 1. The molecule has 3 nitrogen and oxygen atoms in total. The minimum absolute atomic E-state index is 0.262. The van der Waals surface area contributed by atoms with Crippen LogP contribution >= 0.6 is 15.9 Å². The highest BCUT2D eigenvalue weighted by atomic mass is 79.9. The first kappa shape index (κ1) is 15.4. The summed E-state index contributed by atoms with van der Waals surface area (Å²) in [4.78, 5) is 12.1. The Morgan fingerprint density at radius 1 is 1.30 bits per heavy atom. The maximum absolute atomic E-state index is 11.8. The smallest absolute Gasteiger partial charge is 0.408 e. The summed E-state index contributed by atoms with van der Waals surface area (Å²) in [5, 5.41) is 0. The van der Waals surface area contributed by atoms with E-state index in [4.69, 9.17) is 4.42 Å². The van der Waals surface area contributed by atoms with Crippen molar-refractivity contribution < 1.29 is 4.42 Å². The molecule has 0 aliphatic carbocycles. The SMILES string of the molecule is CCCn1c(=O)oc2cc(C(Br)C(C)C(C)C)ccc21. The summed E-state index contributed by atoms with van der Waals surface area (Å²) in [6.07, 6.45) is 0.918. The van der Waals surface area contributed by atoms with Gasteiger partial charge in [-0.2, -0.15) is 0 Å². The van der Waals surface area contributed by atoms with Crippen LogP contribution in [0.2, 0.25) is 0 Å². The third-order valence-electron chi connectivity index (χ3n) is 3.97. The van der Waals surface area contributed by atoms with Gasteiger partial charge in [-0.1, -0.05) is 49.7 Å². The zero-order chi connectivity index (χ0) is 14.9. The number of alkyl halides is 1. The molecule has 2 atom stereocenters. The molecule has 2 aromatic rings. The molecule has 1 aromatic heterocycles. The van der Waals surface area contributed by atoms with Crippen molar-refractivity contribution in [1.82, 2.24) is 4.57 Å². The van der Waals surface area contributed by atoms with Crippen molar-refractivity contribution >= 4 is 27.0 Å². The van der Waals surface area contributed by atoms with Gasteiger partial charge in [-0.25, -0.2) is 4.79 Å². The number of rotatable bonds is 5. The monoisotopic (exact) mass is 339 g/mol. The molecule has 0 aliphatic rings. The number of hydrogen-bond acceptors (Lipinski definition) is 2. The summed E-state index contributed by atoms with van der Waals surface area (Å²) in [6, 6.07) is 6.06. The Morgan fingerprint density at radius 3 is 2.60 bits per heavy atom. The zero-order valence-electron chi connectivity index (χ0n) is 12.5. The van der Waals surface area contributed by atoms with E-state index in [-0.39, 0.29) is 10.6 Å². The van der Waals surface area contributed by atoms with E-state index in [1.807, 2.05) is 12.1 Å². The second kappa shape index (κ2) is 6.17. The van der Waals surface area contributed by atoms with Gasteiger partial charge in [-0.3, -0.25) is 4.57 Å². The van der Waals surface area contributed by atoms with E-state index in [2.05, 4.69) is 49.7 Å². The maximum Gasteiger partial charge on any atom is 0.419 e. The predicted molar refractivity (Wildman–Crippen MR) is 86.4 cm³/mol. The average molecular weight is 340 g/mol. The van der Waals surface area contributed by atoms with E-state index in [1.165, 1.54) is 0 Å². The van der Waals surface area contributed by atoms with Crippen LogP contribution in [0.4, 0.5) is 0 Å². The maximum atomic E-state index is 11.8. The second-order valence-corrected chi connectivity index (χ2v) is 6.74. The minimum atomic E-state index is -0.262. The first-order chi connectivity index (χ1) is 9.45. The summed E-state index contributed by atoms with van der Waals surface area (Å²) >= 11 is 3.77. The van der Waals surface area contributed by atoms with Crippen LogP contribution < -0.4 is 5.76 Å². The van der Waals surface area contributed by atoms with Gasteiger partial charge in [0.2, 0.25) is 0 Å². The number of aromatic nitrogens is 1. The molecule has 1 heterocycles. The summed E-state index contributed by atoms with van der Waals surface area (Å²) in [5.74, 6) is 0.839. The van der Waals surface area contributed by atoms with Crippen LogP contribution in [0.25, 0.3) is 11.1 Å². The largest absolute Gasteiger partial charge is 0.419 e. The average Bonchev–Trinajstić information content (AvgIpc) is 2.73. The third-order valence-corrected chi connectivity index (χ3v) is 5.33. The molecule has 0 saturated heterocycles. The second-order valence-electron chi connectivity index (χ2n) is 5.75. The molecule has 20 heavy (non-hydrogen) atoms. The van der Waals surface area contributed by atoms with Crippen molar-refractivity contribution in [2.24, 2.45) is 11.8 Å². The van der Waals surface area contributed by atoms with E-state index < -0.39 is 0 Å². The van der Waals surface area contributed by atoms with Crippen LogP contribution in [0, 0.1) is 11.8 Å². The minimum Gasteiger partial charge on any atom is -0.408 e. The molecular formula is C16H22BrNO2. The number of aryl methyl sites for hydroxylation is 1. The number of nitrogens with zero attached hydrogens (tertiary/aromatic N) is 1. The van der Waals surface area contributed by atoms with Gasteiger partial charge in [0, 0.05) is 11.4 Å². The number of hydrogen-bond donors (Lipinski definition) is 0. The van der Waals surface area contributed by atoms with Gasteiger partial charge >= 0.3 is 5.76 Å². The lowest BCUT2D eigenvalue weighted by Crippen LogP contribution is -2.13. The predicted octanol–water partition coefficient (Wildman–Crippen LogP) is 4.73. The Kier molecular flexibility index (Phi) is 4.74. The lowest BCUT2D eigenvalue weighted by atomic mass is 9.91. The fourth-order valence-electron chi connectivity index (χ4n) is 2.33. The molecule has 110 valence electrons. The van der Waals surface area contributed by atoms with Crippen molar-refractivity contribution in [2.45, 2.75) is 45.5 Å². The molecule has 4 heteroatoms. The molecule has 0 radical (unpaired) electrons. The Bertz CT molecular complexity index is 641. The standard InChI is InChI=1S/C16H22BrNO2/c1-5-8-18-13-7-6-12(9-14(13)20-16(18)19)15(17)11(4)10(2)3/h6-7,9-11,15H,5,8H2,1-4H3. The van der Waals surface area contributed by atoms with Gasteiger partial charge in [0.25, 0.3) is 0 Å². The van der Waals surface area contributed by atoms with Gasteiger partial charge in [0.15, 0.2) is 5.58 Å². The van der Waals surface area contributed by atoms with Crippen molar-refractivity contribution in [3.05, 3.63) is 34.3 Å². The summed E-state index contributed by atoms with van der Waals surface area (Å²) in [7, 11) is 0. The summed E-state index contributed by atoms with van der Waals surface area (Å²) in [5.41, 5.74) is 2.73. The van der Waals surface area contributed by atoms with Gasteiger partial charge < -0.3 is 4.42 Å². The van der Waals surface area contributed by atoms with Crippen LogP contribution in [0.1, 0.15) is 44.5 Å². The molecule has 0 fully saturated rings. The van der Waals surface area contributed by atoms with Crippen molar-refractivity contribution in [2.75, 3.05) is 0 Å². The van der Waals surface area contributed by atoms with Gasteiger partial charge in [-0.15, -0.1) is 0 Å². The van der Waals surface area contributed by atoms with E-state index in [0.29, 0.717) is 24.0 Å². The van der Waals surface area contributed by atoms with Crippen LogP contribution in [-0.2, 0) is 6.54 Å². The van der Waals surface area contributed by atoms with Crippen molar-refractivity contribution in [3.8, 4) is 0 Å². The van der Waals surface area contributed by atoms with Gasteiger partial charge in [0.05, 0.1) is 5.52 Å². The number of oxazole rings is 1. The molecule has 0 saturated carbocycles. The van der Waals surface area contributed by atoms with Crippen LogP contribution in [0.15, 0.2) is 27.4 Å². The summed E-state index contributed by atoms with van der Waals surface area (Å²) in [6.45, 7) is 9.42. The van der Waals surface area contributed by atoms with Gasteiger partial charge in [-0.05, 0) is 36.0 Å². The fraction of sp³-hybridized carbons (Fsp3) is 0.562. The first-order valence-corrected chi connectivity index (χ1v) is 8.14. The van der Waals surface area contributed by atoms with E-state index in [9.17, 15) is 4.79 Å². The van der Waals surface area contributed by atoms with Crippen LogP contribution in [-0.4, -0.2) is 4.57 Å². The molecule has 0 spiro atoms. The quantitative estimate of drug-likeness (QED) is 0.738. The highest BCUT2D eigenvalue weighted by molar-refractivity contribution is 9.09. The fourth-order valence-corrected chi connectivity index (χ4v) is 3.23. The lowest BCUT2D eigenvalue weighted by molar-refractivity contribution is 0.414. The van der Waals surface area contributed by atoms with Gasteiger partial charge in [0.1, 0.15) is 0 Å². The molecular weight excluding hydrogens is 318 g/mol. The Hall–Kier alpha value is -1.03. The van der Waals surface area contributed by atoms with E-state index in [1.54, 1.807) is 4.57 Å². The highest BCUT2D eigenvalue weighted by Gasteiger charge is 2.20. The van der Waals surface area contributed by atoms with Crippen molar-refractivity contribution in [1.29, 1.82) is 0 Å². The molecule has 0 bridgehead atoms. The Labute approximate surface area is 128 Å². The van der Waals surface area contributed by atoms with Crippen LogP contribution in [0.3, 0.4) is 0 Å². The number of benzene rings is 1. The molecule has 0 amide bonds. The van der Waals surface area contributed by atoms with Crippen LogP contribution in [0.5, 0.6) is 0 Å². The van der Waals surface area contributed by atoms with Crippen molar-refractivity contribution in [3.63, 3.8) is 0 Å². The Morgan fingerprint density at radius 2 is 2.00 bits per heavy atom. The zero-order valence-corrected chi connectivity index (χ0v) is 14.1. The van der Waals surface area contributed by atoms with E-state index in [0.717, 1.165) is 17.5 Å². The molecule has 2 rings (SSSR count). The first-order valence-electron chi connectivity index (χ1n) is 7.23. The topological polar surface area (TPSA) is 35.1 Å². The third kappa shape index (κ3) is 2.85. The Balaban J connectivity index is 2.42. The highest BCUT2D eigenvalue weighted by Crippen LogP contribution is 2.36. The molecule has 2 unspecified atom stereocenters. The summed E-state index contributed by atoms with van der Waals surface area (Å²) < 4.78 is 7.07.